The first-order valence-electron chi connectivity index (χ1n) is 16.1. The zero-order chi connectivity index (χ0) is 31.3. The van der Waals surface area contributed by atoms with E-state index < -0.39 is 0 Å². The summed E-state index contributed by atoms with van der Waals surface area (Å²) in [7, 11) is 1.43. The number of esters is 1. The second-order valence-corrected chi connectivity index (χ2v) is 12.3. The number of fused-ring (bicyclic) bond motifs is 1. The highest BCUT2D eigenvalue weighted by atomic mass is 19.1. The molecule has 1 heterocycles. The van der Waals surface area contributed by atoms with Crippen molar-refractivity contribution >= 4 is 17.1 Å². The summed E-state index contributed by atoms with van der Waals surface area (Å²) < 4.78 is 24.1. The maximum Gasteiger partial charge on any atom is 0.338 e. The average molecular weight is 604 g/mol. The molecule has 45 heavy (non-hydrogen) atoms. The quantitative estimate of drug-likeness (QED) is 0.179. The Balaban J connectivity index is 1.39. The Morgan fingerprint density at radius 3 is 2.44 bits per heavy atom. The molecule has 0 bridgehead atoms. The van der Waals surface area contributed by atoms with Crippen LogP contribution in [0.15, 0.2) is 84.9 Å². The van der Waals surface area contributed by atoms with Crippen molar-refractivity contribution < 1.29 is 18.7 Å². The van der Waals surface area contributed by atoms with Gasteiger partial charge in [-0.1, -0.05) is 72.3 Å². The van der Waals surface area contributed by atoms with E-state index in [0.717, 1.165) is 62.2 Å². The van der Waals surface area contributed by atoms with E-state index in [0.29, 0.717) is 12.0 Å². The van der Waals surface area contributed by atoms with Crippen molar-refractivity contribution in [2.24, 2.45) is 0 Å². The third kappa shape index (κ3) is 6.74. The molecular weight excluding hydrogens is 561 g/mol. The highest BCUT2D eigenvalue weighted by Crippen LogP contribution is 2.42. The first kappa shape index (κ1) is 30.8. The number of halogens is 1. The Kier molecular flexibility index (Phi) is 9.46. The van der Waals surface area contributed by atoms with Crippen molar-refractivity contribution in [2.45, 2.75) is 52.1 Å². The number of methoxy groups -OCH3 is 1. The van der Waals surface area contributed by atoms with Crippen LogP contribution in [0.25, 0.3) is 22.3 Å². The summed E-state index contributed by atoms with van der Waals surface area (Å²) in [6.07, 6.45) is 4.62. The van der Waals surface area contributed by atoms with E-state index >= 15 is 0 Å². The first-order chi connectivity index (χ1) is 21.9. The second-order valence-electron chi connectivity index (χ2n) is 12.3. The lowest BCUT2D eigenvalue weighted by atomic mass is 9.85. The van der Waals surface area contributed by atoms with Crippen LogP contribution < -0.4 is 4.74 Å². The normalized spacial score (nSPS) is 16.8. The smallest absolute Gasteiger partial charge is 0.338 e. The molecule has 232 valence electrons. The molecule has 4 aromatic rings. The Labute approximate surface area is 266 Å². The van der Waals surface area contributed by atoms with Crippen molar-refractivity contribution in [1.29, 1.82) is 0 Å². The molecule has 1 saturated heterocycles. The number of carbonyl (C=O) groups is 1. The fourth-order valence-electron chi connectivity index (χ4n) is 7.00. The zero-order valence-electron chi connectivity index (χ0n) is 26.6. The van der Waals surface area contributed by atoms with Crippen LogP contribution in [0.3, 0.4) is 0 Å². The number of likely N-dealkylation sites (tertiary alicyclic amines) is 1. The highest BCUT2D eigenvalue weighted by molar-refractivity contribution is 6.01. The molecular formula is C40H42FNO3. The average Bonchev–Trinajstić information content (AvgIpc) is 3.42. The van der Waals surface area contributed by atoms with Crippen molar-refractivity contribution in [3.8, 4) is 16.9 Å². The van der Waals surface area contributed by atoms with Crippen LogP contribution in [0.1, 0.15) is 69.4 Å². The van der Waals surface area contributed by atoms with Gasteiger partial charge in [-0.15, -0.1) is 0 Å². The number of alkyl halides is 1. The van der Waals surface area contributed by atoms with Crippen LogP contribution in [0, 0.1) is 13.8 Å². The molecule has 1 unspecified atom stereocenters. The van der Waals surface area contributed by atoms with Crippen molar-refractivity contribution in [1.82, 2.24) is 4.90 Å². The molecule has 1 fully saturated rings. The number of ether oxygens (including phenoxy) is 2. The number of allylic oxidation sites excluding steroid dienone is 1. The monoisotopic (exact) mass is 603 g/mol. The lowest BCUT2D eigenvalue weighted by Crippen LogP contribution is -2.26. The van der Waals surface area contributed by atoms with E-state index in [9.17, 15) is 9.18 Å². The van der Waals surface area contributed by atoms with Gasteiger partial charge in [-0.05, 0) is 114 Å². The summed E-state index contributed by atoms with van der Waals surface area (Å²) in [6.45, 7) is 6.68. The first-order valence-corrected chi connectivity index (χ1v) is 16.1. The van der Waals surface area contributed by atoms with Gasteiger partial charge in [-0.3, -0.25) is 9.29 Å². The summed E-state index contributed by atoms with van der Waals surface area (Å²) in [5, 5.41) is 0. The molecule has 4 nitrogen and oxygen atoms in total. The number of nitrogens with zero attached hydrogens (tertiary/aromatic N) is 1. The van der Waals surface area contributed by atoms with Crippen molar-refractivity contribution in [2.75, 3.05) is 33.4 Å². The van der Waals surface area contributed by atoms with Crippen LogP contribution in [-0.2, 0) is 11.2 Å². The van der Waals surface area contributed by atoms with Crippen molar-refractivity contribution in [3.05, 3.63) is 124 Å². The number of benzene rings is 4. The molecule has 5 heteroatoms. The van der Waals surface area contributed by atoms with Gasteiger partial charge in [0.2, 0.25) is 0 Å². The SMILES string of the molecule is COC(=O)c1ccccc1-c1ccc2c(c1)CCCC(c1ccc(C)cc1C)=C2c1ccc(OC2CCN(CCCF)C2)cc1. The third-order valence-electron chi connectivity index (χ3n) is 9.18. The van der Waals surface area contributed by atoms with Gasteiger partial charge in [0, 0.05) is 19.6 Å². The predicted octanol–water partition coefficient (Wildman–Crippen LogP) is 8.87. The van der Waals surface area contributed by atoms with Gasteiger partial charge in [0.15, 0.2) is 0 Å². The van der Waals surface area contributed by atoms with Gasteiger partial charge in [-0.2, -0.15) is 0 Å². The minimum atomic E-state index is -0.328. The predicted molar refractivity (Wildman–Crippen MR) is 180 cm³/mol. The minimum Gasteiger partial charge on any atom is -0.489 e. The van der Waals surface area contributed by atoms with Crippen LogP contribution in [0.4, 0.5) is 4.39 Å². The van der Waals surface area contributed by atoms with Gasteiger partial charge in [0.1, 0.15) is 11.9 Å². The summed E-state index contributed by atoms with van der Waals surface area (Å²) in [4.78, 5) is 14.9. The fourth-order valence-corrected chi connectivity index (χ4v) is 7.00. The third-order valence-corrected chi connectivity index (χ3v) is 9.18. The molecule has 0 N–H and O–H groups in total. The van der Waals surface area contributed by atoms with E-state index in [-0.39, 0.29) is 18.7 Å². The van der Waals surface area contributed by atoms with Crippen LogP contribution in [-0.4, -0.2) is 50.4 Å². The van der Waals surface area contributed by atoms with E-state index in [1.807, 2.05) is 24.3 Å². The summed E-state index contributed by atoms with van der Waals surface area (Å²) >= 11 is 0. The van der Waals surface area contributed by atoms with Gasteiger partial charge >= 0.3 is 5.97 Å². The maximum absolute atomic E-state index is 12.7. The van der Waals surface area contributed by atoms with Gasteiger partial charge in [0.25, 0.3) is 0 Å². The Hall–Kier alpha value is -4.22. The molecule has 0 aromatic heterocycles. The summed E-state index contributed by atoms with van der Waals surface area (Å²) in [6, 6.07) is 29.6. The number of carbonyl (C=O) groups excluding carboxylic acids is 1. The molecule has 2 aliphatic rings. The van der Waals surface area contributed by atoms with Crippen molar-refractivity contribution in [3.63, 3.8) is 0 Å². The van der Waals surface area contributed by atoms with E-state index in [1.54, 1.807) is 0 Å². The Bertz CT molecular complexity index is 1710. The lowest BCUT2D eigenvalue weighted by molar-refractivity contribution is 0.0601. The number of hydrogen-bond acceptors (Lipinski definition) is 4. The van der Waals surface area contributed by atoms with Gasteiger partial charge < -0.3 is 9.47 Å². The van der Waals surface area contributed by atoms with Gasteiger partial charge in [0.05, 0.1) is 19.3 Å². The topological polar surface area (TPSA) is 38.8 Å². The number of hydrogen-bond donors (Lipinski definition) is 0. The minimum absolute atomic E-state index is 0.130. The highest BCUT2D eigenvalue weighted by Gasteiger charge is 2.25. The van der Waals surface area contributed by atoms with Crippen LogP contribution in [0.2, 0.25) is 0 Å². The largest absolute Gasteiger partial charge is 0.489 e. The molecule has 1 aliphatic heterocycles. The van der Waals surface area contributed by atoms with Gasteiger partial charge in [-0.25, -0.2) is 4.79 Å². The van der Waals surface area contributed by atoms with E-state index in [1.165, 1.54) is 51.6 Å². The molecule has 1 atom stereocenters. The van der Waals surface area contributed by atoms with Crippen LogP contribution in [0.5, 0.6) is 5.75 Å². The Morgan fingerprint density at radius 2 is 1.67 bits per heavy atom. The Morgan fingerprint density at radius 1 is 0.889 bits per heavy atom. The number of aryl methyl sites for hydroxylation is 3. The van der Waals surface area contributed by atoms with E-state index in [2.05, 4.69) is 79.4 Å². The molecule has 0 spiro atoms. The van der Waals surface area contributed by atoms with E-state index in [4.69, 9.17) is 9.47 Å². The molecule has 6 rings (SSSR count). The second kappa shape index (κ2) is 13.8. The fraction of sp³-hybridized carbons (Fsp3) is 0.325. The molecule has 0 saturated carbocycles. The zero-order valence-corrected chi connectivity index (χ0v) is 26.6. The standard InChI is InChI=1S/C40H42FNO3/c1-27-12-18-34(28(2)24-27)37-11-6-8-30-25-31(35-9-4-5-10-38(35)40(43)44-3)15-19-36(30)39(37)29-13-16-32(17-14-29)45-33-20-23-42(26-33)22-7-21-41/h4-5,9-10,12-19,24-25,33H,6-8,11,20-23,26H2,1-3H3. The molecule has 0 amide bonds. The summed E-state index contributed by atoms with van der Waals surface area (Å²) in [5.41, 5.74) is 12.6. The molecule has 0 radical (unpaired) electrons. The molecule has 1 aliphatic carbocycles. The maximum atomic E-state index is 12.7. The van der Waals surface area contributed by atoms with Crippen LogP contribution >= 0.6 is 0 Å². The summed E-state index contributed by atoms with van der Waals surface area (Å²) in [5.74, 6) is 0.541. The molecule has 4 aromatic carbocycles. The number of rotatable bonds is 9. The lowest BCUT2D eigenvalue weighted by Gasteiger charge is -2.20.